The summed E-state index contributed by atoms with van der Waals surface area (Å²) in [5.74, 6) is 0.627. The van der Waals surface area contributed by atoms with Crippen LogP contribution < -0.4 is 4.90 Å². The van der Waals surface area contributed by atoms with Gasteiger partial charge in [0, 0.05) is 19.1 Å². The quantitative estimate of drug-likeness (QED) is 0.923. The van der Waals surface area contributed by atoms with Gasteiger partial charge in [-0.05, 0) is 44.6 Å². The fourth-order valence-corrected chi connectivity index (χ4v) is 3.17. The Morgan fingerprint density at radius 1 is 1.37 bits per heavy atom. The van der Waals surface area contributed by atoms with Crippen LogP contribution in [0.1, 0.15) is 25.5 Å². The number of hydrogen-bond donors (Lipinski definition) is 1. The van der Waals surface area contributed by atoms with Crippen LogP contribution in [0.2, 0.25) is 5.02 Å². The van der Waals surface area contributed by atoms with Crippen molar-refractivity contribution in [3.63, 3.8) is 0 Å². The predicted octanol–water partition coefficient (Wildman–Crippen LogP) is 2.78. The summed E-state index contributed by atoms with van der Waals surface area (Å²) in [5.41, 5.74) is 1.94. The molecule has 0 radical (unpaired) electrons. The number of nitrogens with zero attached hydrogens (tertiary/aromatic N) is 2. The first-order valence-electron chi connectivity index (χ1n) is 6.79. The number of benzene rings is 1. The van der Waals surface area contributed by atoms with Crippen LogP contribution in [-0.2, 0) is 0 Å². The molecule has 1 aromatic rings. The van der Waals surface area contributed by atoms with Crippen LogP contribution in [0.25, 0.3) is 0 Å². The van der Waals surface area contributed by atoms with E-state index in [9.17, 15) is 5.11 Å². The van der Waals surface area contributed by atoms with Gasteiger partial charge in [-0.25, -0.2) is 0 Å². The average Bonchev–Trinajstić information content (AvgIpc) is 2.71. The van der Waals surface area contributed by atoms with Crippen molar-refractivity contribution in [2.24, 2.45) is 5.92 Å². The average molecular weight is 283 g/mol. The summed E-state index contributed by atoms with van der Waals surface area (Å²) >= 11 is 6.36. The van der Waals surface area contributed by atoms with Gasteiger partial charge in [0.1, 0.15) is 0 Å². The van der Waals surface area contributed by atoms with E-state index in [1.165, 1.54) is 0 Å². The molecule has 0 saturated carbocycles. The van der Waals surface area contributed by atoms with Crippen molar-refractivity contribution in [3.05, 3.63) is 28.8 Å². The first-order valence-corrected chi connectivity index (χ1v) is 7.17. The largest absolute Gasteiger partial charge is 0.389 e. The molecule has 2 rings (SSSR count). The Kier molecular flexibility index (Phi) is 4.39. The van der Waals surface area contributed by atoms with E-state index >= 15 is 0 Å². The molecule has 1 aliphatic rings. The third-order valence-electron chi connectivity index (χ3n) is 4.03. The molecular weight excluding hydrogens is 260 g/mol. The molecule has 1 N–H and O–H groups in total. The molecule has 3 atom stereocenters. The van der Waals surface area contributed by atoms with Crippen molar-refractivity contribution < 1.29 is 5.11 Å². The molecule has 0 spiro atoms. The lowest BCUT2D eigenvalue weighted by molar-refractivity contribution is 0.199. The molecule has 19 heavy (non-hydrogen) atoms. The summed E-state index contributed by atoms with van der Waals surface area (Å²) in [6.45, 7) is 6.06. The van der Waals surface area contributed by atoms with Crippen molar-refractivity contribution in [2.45, 2.75) is 26.0 Å². The Bertz CT molecular complexity index is 448. The summed E-state index contributed by atoms with van der Waals surface area (Å²) in [5, 5.41) is 10.3. The molecule has 1 saturated heterocycles. The van der Waals surface area contributed by atoms with Gasteiger partial charge < -0.3 is 14.9 Å². The minimum absolute atomic E-state index is 0.474. The lowest BCUT2D eigenvalue weighted by Gasteiger charge is -2.23. The zero-order valence-corrected chi connectivity index (χ0v) is 12.9. The SMILES string of the molecule is CC1CN(c2ccc([C@@H](C)O)cc2Cl)CC1N(C)C. The smallest absolute Gasteiger partial charge is 0.0762 e. The third-order valence-corrected chi connectivity index (χ3v) is 4.33. The minimum Gasteiger partial charge on any atom is -0.389 e. The van der Waals surface area contributed by atoms with Gasteiger partial charge >= 0.3 is 0 Å². The maximum Gasteiger partial charge on any atom is 0.0762 e. The first kappa shape index (κ1) is 14.6. The predicted molar refractivity (Wildman–Crippen MR) is 80.9 cm³/mol. The van der Waals surface area contributed by atoms with Gasteiger partial charge in [-0.15, -0.1) is 0 Å². The van der Waals surface area contributed by atoms with Crippen LogP contribution in [0.3, 0.4) is 0 Å². The summed E-state index contributed by atoms with van der Waals surface area (Å²) in [6, 6.07) is 6.41. The topological polar surface area (TPSA) is 26.7 Å². The highest BCUT2D eigenvalue weighted by atomic mass is 35.5. The van der Waals surface area contributed by atoms with Crippen molar-refractivity contribution in [2.75, 3.05) is 32.1 Å². The molecule has 1 heterocycles. The highest BCUT2D eigenvalue weighted by molar-refractivity contribution is 6.33. The minimum atomic E-state index is -0.474. The van der Waals surface area contributed by atoms with Crippen LogP contribution in [-0.4, -0.2) is 43.2 Å². The molecule has 3 nitrogen and oxygen atoms in total. The van der Waals surface area contributed by atoms with E-state index in [4.69, 9.17) is 11.6 Å². The molecule has 0 amide bonds. The summed E-state index contributed by atoms with van der Waals surface area (Å²) in [4.78, 5) is 4.62. The van der Waals surface area contributed by atoms with Gasteiger partial charge in [-0.2, -0.15) is 0 Å². The fraction of sp³-hybridized carbons (Fsp3) is 0.600. The van der Waals surface area contributed by atoms with Crippen LogP contribution >= 0.6 is 11.6 Å². The molecule has 1 aliphatic heterocycles. The van der Waals surface area contributed by atoms with Crippen molar-refractivity contribution in [1.29, 1.82) is 0 Å². The number of aliphatic hydroxyl groups is 1. The second kappa shape index (κ2) is 5.70. The van der Waals surface area contributed by atoms with Gasteiger partial charge in [0.05, 0.1) is 16.8 Å². The van der Waals surface area contributed by atoms with Gasteiger partial charge in [0.25, 0.3) is 0 Å². The number of aliphatic hydroxyl groups excluding tert-OH is 1. The Balaban J connectivity index is 2.20. The molecule has 1 fully saturated rings. The molecular formula is C15H23ClN2O. The standard InChI is InChI=1S/C15H23ClN2O/c1-10-8-18(9-15(10)17(3)4)14-6-5-12(11(2)19)7-13(14)16/h5-7,10-11,15,19H,8-9H2,1-4H3/t10?,11-,15?/m1/s1. The highest BCUT2D eigenvalue weighted by Crippen LogP contribution is 2.33. The summed E-state index contributed by atoms with van der Waals surface area (Å²) < 4.78 is 0. The molecule has 0 aromatic heterocycles. The number of likely N-dealkylation sites (N-methyl/N-ethyl adjacent to an activating group) is 1. The molecule has 1 aromatic carbocycles. The first-order chi connectivity index (χ1) is 8.90. The summed E-state index contributed by atoms with van der Waals surface area (Å²) in [7, 11) is 4.26. The molecule has 4 heteroatoms. The van der Waals surface area contributed by atoms with E-state index in [2.05, 4.69) is 30.8 Å². The normalized spacial score (nSPS) is 25.1. The maximum absolute atomic E-state index is 9.58. The second-order valence-electron chi connectivity index (χ2n) is 5.80. The van der Waals surface area contributed by atoms with Crippen molar-refractivity contribution >= 4 is 17.3 Å². The lowest BCUT2D eigenvalue weighted by Crippen LogP contribution is -2.34. The van der Waals surface area contributed by atoms with Gasteiger partial charge in [-0.3, -0.25) is 0 Å². The van der Waals surface area contributed by atoms with E-state index in [0.717, 1.165) is 29.4 Å². The number of halogens is 1. The van der Waals surface area contributed by atoms with E-state index in [0.29, 0.717) is 12.0 Å². The van der Waals surface area contributed by atoms with E-state index in [1.54, 1.807) is 6.92 Å². The molecule has 2 unspecified atom stereocenters. The van der Waals surface area contributed by atoms with Gasteiger partial charge in [0.2, 0.25) is 0 Å². The lowest BCUT2D eigenvalue weighted by atomic mass is 10.1. The van der Waals surface area contributed by atoms with Gasteiger partial charge in [0.15, 0.2) is 0 Å². The second-order valence-corrected chi connectivity index (χ2v) is 6.21. The van der Waals surface area contributed by atoms with E-state index in [1.807, 2.05) is 18.2 Å². The Hall–Kier alpha value is -0.770. The van der Waals surface area contributed by atoms with Crippen LogP contribution in [0, 0.1) is 5.92 Å². The van der Waals surface area contributed by atoms with E-state index in [-0.39, 0.29) is 0 Å². The molecule has 0 bridgehead atoms. The Morgan fingerprint density at radius 3 is 2.53 bits per heavy atom. The number of anilines is 1. The number of rotatable bonds is 3. The third kappa shape index (κ3) is 3.04. The fourth-order valence-electron chi connectivity index (χ4n) is 2.86. The molecule has 106 valence electrons. The van der Waals surface area contributed by atoms with Crippen LogP contribution in [0.15, 0.2) is 18.2 Å². The van der Waals surface area contributed by atoms with Crippen LogP contribution in [0.5, 0.6) is 0 Å². The maximum atomic E-state index is 9.58. The van der Waals surface area contributed by atoms with Crippen molar-refractivity contribution in [1.82, 2.24) is 4.90 Å². The van der Waals surface area contributed by atoms with E-state index < -0.39 is 6.10 Å². The zero-order valence-electron chi connectivity index (χ0n) is 12.1. The zero-order chi connectivity index (χ0) is 14.2. The van der Waals surface area contributed by atoms with Crippen molar-refractivity contribution in [3.8, 4) is 0 Å². The highest BCUT2D eigenvalue weighted by Gasteiger charge is 2.31. The van der Waals surface area contributed by atoms with Crippen LogP contribution in [0.4, 0.5) is 5.69 Å². The summed E-state index contributed by atoms with van der Waals surface area (Å²) in [6.07, 6.45) is -0.474. The Morgan fingerprint density at radius 2 is 2.05 bits per heavy atom. The molecule has 0 aliphatic carbocycles. The Labute approximate surface area is 120 Å². The monoisotopic (exact) mass is 282 g/mol. The van der Waals surface area contributed by atoms with Gasteiger partial charge in [-0.1, -0.05) is 24.6 Å². The number of hydrogen-bond acceptors (Lipinski definition) is 3.